The Morgan fingerprint density at radius 1 is 1.24 bits per heavy atom. The molecule has 0 aliphatic heterocycles. The van der Waals surface area contributed by atoms with Crippen molar-refractivity contribution in [2.75, 3.05) is 13.2 Å². The van der Waals surface area contributed by atoms with Crippen LogP contribution in [0.2, 0.25) is 0 Å². The van der Waals surface area contributed by atoms with E-state index in [1.165, 1.54) is 6.08 Å². The van der Waals surface area contributed by atoms with Gasteiger partial charge in [0.2, 0.25) is 0 Å². The maximum Gasteiger partial charge on any atom is 0.330 e. The van der Waals surface area contributed by atoms with Crippen molar-refractivity contribution in [2.45, 2.75) is 51.6 Å². The van der Waals surface area contributed by atoms with E-state index in [1.54, 1.807) is 13.0 Å². The molecule has 1 unspecified atom stereocenters. The molecule has 0 rings (SSSR count). The molecule has 0 saturated carbocycles. The van der Waals surface area contributed by atoms with Crippen LogP contribution >= 0.6 is 0 Å². The molecule has 2 N–H and O–H groups in total. The number of esters is 1. The number of allylic oxidation sites excluding steroid dienone is 1. The smallest absolute Gasteiger partial charge is 0.330 e. The summed E-state index contributed by atoms with van der Waals surface area (Å²) < 4.78 is 4.76. The van der Waals surface area contributed by atoms with E-state index >= 15 is 0 Å². The van der Waals surface area contributed by atoms with Gasteiger partial charge < -0.3 is 14.9 Å². The van der Waals surface area contributed by atoms with Crippen LogP contribution in [0.4, 0.5) is 0 Å². The van der Waals surface area contributed by atoms with Gasteiger partial charge in [0.25, 0.3) is 0 Å². The summed E-state index contributed by atoms with van der Waals surface area (Å²) in [4.78, 5) is 11.1. The Morgan fingerprint density at radius 3 is 2.53 bits per heavy atom. The molecule has 4 heteroatoms. The SMILES string of the molecule is CC(O)COC(=O)/C=C/CCCCCCCO. The molecular weight excluding hydrogens is 220 g/mol. The maximum atomic E-state index is 11.1. The Hall–Kier alpha value is -0.870. The minimum atomic E-state index is -0.612. The summed E-state index contributed by atoms with van der Waals surface area (Å²) in [7, 11) is 0. The lowest BCUT2D eigenvalue weighted by Gasteiger charge is -2.03. The number of aliphatic hydroxyl groups excluding tert-OH is 2. The van der Waals surface area contributed by atoms with E-state index in [0.29, 0.717) is 0 Å². The highest BCUT2D eigenvalue weighted by Crippen LogP contribution is 2.05. The van der Waals surface area contributed by atoms with E-state index < -0.39 is 12.1 Å². The van der Waals surface area contributed by atoms with Crippen molar-refractivity contribution in [1.82, 2.24) is 0 Å². The lowest BCUT2D eigenvalue weighted by Crippen LogP contribution is -2.13. The van der Waals surface area contributed by atoms with Crippen molar-refractivity contribution in [1.29, 1.82) is 0 Å². The predicted octanol–water partition coefficient (Wildman–Crippen LogP) is 1.80. The van der Waals surface area contributed by atoms with Crippen LogP contribution in [-0.2, 0) is 9.53 Å². The molecule has 0 saturated heterocycles. The highest BCUT2D eigenvalue weighted by Gasteiger charge is 1.99. The molecule has 0 heterocycles. The number of rotatable bonds is 10. The molecule has 1 atom stereocenters. The van der Waals surface area contributed by atoms with Crippen LogP contribution < -0.4 is 0 Å². The first-order valence-electron chi connectivity index (χ1n) is 6.29. The van der Waals surface area contributed by atoms with Gasteiger partial charge in [-0.2, -0.15) is 0 Å². The number of unbranched alkanes of at least 4 members (excludes halogenated alkanes) is 5. The standard InChI is InChI=1S/C13H24O4/c1-12(15)11-17-13(16)9-7-5-3-2-4-6-8-10-14/h7,9,12,14-15H,2-6,8,10-11H2,1H3/b9-7+. The van der Waals surface area contributed by atoms with Crippen molar-refractivity contribution in [3.8, 4) is 0 Å². The predicted molar refractivity (Wildman–Crippen MR) is 66.6 cm³/mol. The van der Waals surface area contributed by atoms with Gasteiger partial charge >= 0.3 is 5.97 Å². The van der Waals surface area contributed by atoms with Crippen molar-refractivity contribution >= 4 is 5.97 Å². The number of carbonyl (C=O) groups is 1. The van der Waals surface area contributed by atoms with Crippen LogP contribution in [0.25, 0.3) is 0 Å². The second-order valence-electron chi connectivity index (χ2n) is 4.16. The molecule has 0 amide bonds. The van der Waals surface area contributed by atoms with E-state index in [0.717, 1.165) is 38.5 Å². The molecule has 0 aromatic rings. The van der Waals surface area contributed by atoms with E-state index in [-0.39, 0.29) is 13.2 Å². The molecule has 0 aromatic heterocycles. The number of carbonyl (C=O) groups excluding carboxylic acids is 1. The zero-order valence-electron chi connectivity index (χ0n) is 10.6. The fraction of sp³-hybridized carbons (Fsp3) is 0.769. The van der Waals surface area contributed by atoms with E-state index in [4.69, 9.17) is 14.9 Å². The molecule has 0 fully saturated rings. The Labute approximate surface area is 103 Å². The molecule has 4 nitrogen and oxygen atoms in total. The van der Waals surface area contributed by atoms with Gasteiger partial charge in [-0.1, -0.05) is 25.3 Å². The molecule has 0 spiro atoms. The monoisotopic (exact) mass is 244 g/mol. The summed E-state index contributed by atoms with van der Waals surface area (Å²) in [6.07, 6.45) is 8.70. The number of ether oxygens (including phenoxy) is 1. The summed E-state index contributed by atoms with van der Waals surface area (Å²) in [5.41, 5.74) is 0. The molecule has 0 aromatic carbocycles. The van der Waals surface area contributed by atoms with Gasteiger partial charge in [-0.25, -0.2) is 4.79 Å². The van der Waals surface area contributed by atoms with Gasteiger partial charge in [-0.3, -0.25) is 0 Å². The van der Waals surface area contributed by atoms with Gasteiger partial charge in [0.05, 0.1) is 6.10 Å². The second kappa shape index (κ2) is 11.6. The summed E-state index contributed by atoms with van der Waals surface area (Å²) in [6.45, 7) is 1.89. The Morgan fingerprint density at radius 2 is 1.88 bits per heavy atom. The number of hydrogen-bond donors (Lipinski definition) is 2. The molecule has 0 bridgehead atoms. The zero-order valence-corrected chi connectivity index (χ0v) is 10.6. The van der Waals surface area contributed by atoms with Crippen LogP contribution in [0.15, 0.2) is 12.2 Å². The van der Waals surface area contributed by atoms with Gasteiger partial charge in [0.15, 0.2) is 0 Å². The van der Waals surface area contributed by atoms with E-state index in [2.05, 4.69) is 0 Å². The third-order valence-corrected chi connectivity index (χ3v) is 2.25. The Bertz CT molecular complexity index is 211. The van der Waals surface area contributed by atoms with Crippen LogP contribution in [0.5, 0.6) is 0 Å². The highest BCUT2D eigenvalue weighted by molar-refractivity contribution is 5.81. The minimum Gasteiger partial charge on any atom is -0.460 e. The maximum absolute atomic E-state index is 11.1. The highest BCUT2D eigenvalue weighted by atomic mass is 16.5. The molecule has 0 aliphatic rings. The Balaban J connectivity index is 3.32. The lowest BCUT2D eigenvalue weighted by molar-refractivity contribution is -0.140. The topological polar surface area (TPSA) is 66.8 Å². The Kier molecular flexibility index (Phi) is 11.0. The molecule has 0 aliphatic carbocycles. The first-order chi connectivity index (χ1) is 8.16. The molecule has 100 valence electrons. The molecule has 17 heavy (non-hydrogen) atoms. The zero-order chi connectivity index (χ0) is 12.9. The van der Waals surface area contributed by atoms with Crippen molar-refractivity contribution < 1.29 is 19.7 Å². The number of hydrogen-bond acceptors (Lipinski definition) is 4. The average molecular weight is 244 g/mol. The lowest BCUT2D eigenvalue weighted by atomic mass is 10.1. The fourth-order valence-electron chi connectivity index (χ4n) is 1.33. The van der Waals surface area contributed by atoms with Gasteiger partial charge in [0.1, 0.15) is 6.61 Å². The largest absolute Gasteiger partial charge is 0.460 e. The summed E-state index contributed by atoms with van der Waals surface area (Å²) >= 11 is 0. The first kappa shape index (κ1) is 16.1. The van der Waals surface area contributed by atoms with Crippen LogP contribution in [-0.4, -0.2) is 35.5 Å². The minimum absolute atomic E-state index is 0.0460. The van der Waals surface area contributed by atoms with Gasteiger partial charge in [0, 0.05) is 12.7 Å². The van der Waals surface area contributed by atoms with E-state index in [1.807, 2.05) is 0 Å². The molecule has 0 radical (unpaired) electrons. The van der Waals surface area contributed by atoms with Gasteiger partial charge in [-0.15, -0.1) is 0 Å². The van der Waals surface area contributed by atoms with Crippen LogP contribution in [0.3, 0.4) is 0 Å². The number of aliphatic hydroxyl groups is 2. The quantitative estimate of drug-likeness (QED) is 0.349. The van der Waals surface area contributed by atoms with Crippen molar-refractivity contribution in [3.05, 3.63) is 12.2 Å². The van der Waals surface area contributed by atoms with Crippen molar-refractivity contribution in [2.24, 2.45) is 0 Å². The third kappa shape index (κ3) is 13.1. The normalized spacial score (nSPS) is 12.9. The van der Waals surface area contributed by atoms with Crippen LogP contribution in [0, 0.1) is 0 Å². The fourth-order valence-corrected chi connectivity index (χ4v) is 1.33. The first-order valence-corrected chi connectivity index (χ1v) is 6.29. The third-order valence-electron chi connectivity index (χ3n) is 2.25. The van der Waals surface area contributed by atoms with Crippen molar-refractivity contribution in [3.63, 3.8) is 0 Å². The second-order valence-corrected chi connectivity index (χ2v) is 4.16. The molecular formula is C13H24O4. The van der Waals surface area contributed by atoms with Crippen LogP contribution in [0.1, 0.15) is 45.4 Å². The summed E-state index contributed by atoms with van der Waals surface area (Å²) in [5.74, 6) is -0.397. The average Bonchev–Trinajstić information content (AvgIpc) is 2.30. The van der Waals surface area contributed by atoms with E-state index in [9.17, 15) is 4.79 Å². The van der Waals surface area contributed by atoms with Gasteiger partial charge in [-0.05, 0) is 26.2 Å². The summed E-state index contributed by atoms with van der Waals surface area (Å²) in [5, 5.41) is 17.5. The summed E-state index contributed by atoms with van der Waals surface area (Å²) in [6, 6.07) is 0.